The monoisotopic (exact) mass is 778 g/mol. The Morgan fingerprint density at radius 3 is 1.66 bits per heavy atom. The number of hydrogen-bond acceptors (Lipinski definition) is 2. The van der Waals surface area contributed by atoms with E-state index in [9.17, 15) is 0 Å². The van der Waals surface area contributed by atoms with Gasteiger partial charge in [-0.15, -0.1) is 0 Å². The van der Waals surface area contributed by atoms with Crippen LogP contribution in [0.4, 0.5) is 17.1 Å². The van der Waals surface area contributed by atoms with Crippen LogP contribution in [0.1, 0.15) is 0 Å². The number of furan rings is 1. The van der Waals surface area contributed by atoms with Crippen LogP contribution in [0.25, 0.3) is 93.6 Å². The minimum absolute atomic E-state index is 0.890. The second kappa shape index (κ2) is 14.3. The zero-order valence-corrected chi connectivity index (χ0v) is 33.2. The maximum absolute atomic E-state index is 6.61. The average molecular weight is 779 g/mol. The SMILES string of the molecule is c1cc(-c2ccc(N(c3ccc(-c4cccc5ccccc45)cc3)c3ccccc3-c3cccc4c3oc3ccccc34)cc2)cc(-n2c3ccccc3c3ccccc32)c1. The van der Waals surface area contributed by atoms with Gasteiger partial charge < -0.3 is 13.9 Å². The Morgan fingerprint density at radius 2 is 0.885 bits per heavy atom. The van der Waals surface area contributed by atoms with Gasteiger partial charge in [-0.3, -0.25) is 0 Å². The Labute approximate surface area is 353 Å². The van der Waals surface area contributed by atoms with Crippen LogP contribution in [0.2, 0.25) is 0 Å². The van der Waals surface area contributed by atoms with E-state index in [2.05, 4.69) is 234 Å². The van der Waals surface area contributed by atoms with Gasteiger partial charge >= 0.3 is 0 Å². The minimum atomic E-state index is 0.890. The molecule has 12 aromatic rings. The lowest BCUT2D eigenvalue weighted by Gasteiger charge is -2.28. The molecule has 0 saturated heterocycles. The summed E-state index contributed by atoms with van der Waals surface area (Å²) < 4.78 is 8.99. The third-order valence-electron chi connectivity index (χ3n) is 12.2. The molecule has 0 saturated carbocycles. The van der Waals surface area contributed by atoms with Gasteiger partial charge in [-0.25, -0.2) is 0 Å². The first kappa shape index (κ1) is 34.9. The van der Waals surface area contributed by atoms with Gasteiger partial charge in [0.05, 0.1) is 16.7 Å². The molecular weight excluding hydrogens is 741 g/mol. The molecule has 0 aliphatic carbocycles. The van der Waals surface area contributed by atoms with Crippen molar-refractivity contribution in [2.75, 3.05) is 4.90 Å². The second-order valence-corrected chi connectivity index (χ2v) is 15.7. The molecule has 2 heterocycles. The molecule has 61 heavy (non-hydrogen) atoms. The maximum Gasteiger partial charge on any atom is 0.143 e. The summed E-state index contributed by atoms with van der Waals surface area (Å²) in [6.45, 7) is 0. The Kier molecular flexibility index (Phi) is 8.17. The van der Waals surface area contributed by atoms with Crippen LogP contribution in [0.5, 0.6) is 0 Å². The van der Waals surface area contributed by atoms with Crippen molar-refractivity contribution in [1.29, 1.82) is 0 Å². The summed E-state index contributed by atoms with van der Waals surface area (Å²) >= 11 is 0. The van der Waals surface area contributed by atoms with Crippen LogP contribution >= 0.6 is 0 Å². The van der Waals surface area contributed by atoms with E-state index in [1.165, 1.54) is 43.7 Å². The first-order valence-electron chi connectivity index (χ1n) is 20.8. The zero-order chi connectivity index (χ0) is 40.3. The number of para-hydroxylation sites is 5. The van der Waals surface area contributed by atoms with Gasteiger partial charge in [0.2, 0.25) is 0 Å². The van der Waals surface area contributed by atoms with Crippen molar-refractivity contribution in [3.05, 3.63) is 231 Å². The van der Waals surface area contributed by atoms with E-state index in [1.54, 1.807) is 0 Å². The van der Waals surface area contributed by atoms with Gasteiger partial charge in [0.25, 0.3) is 0 Å². The predicted molar refractivity (Wildman–Crippen MR) is 257 cm³/mol. The zero-order valence-electron chi connectivity index (χ0n) is 33.2. The van der Waals surface area contributed by atoms with Crippen LogP contribution in [-0.4, -0.2) is 4.57 Å². The fourth-order valence-electron chi connectivity index (χ4n) is 9.38. The molecule has 3 nitrogen and oxygen atoms in total. The molecular formula is C58H38N2O. The number of hydrogen-bond donors (Lipinski definition) is 0. The topological polar surface area (TPSA) is 21.3 Å². The number of aromatic nitrogens is 1. The summed E-state index contributed by atoms with van der Waals surface area (Å²) in [7, 11) is 0. The van der Waals surface area contributed by atoms with E-state index in [0.29, 0.717) is 0 Å². The van der Waals surface area contributed by atoms with Crippen LogP contribution in [0.15, 0.2) is 235 Å². The minimum Gasteiger partial charge on any atom is -0.455 e. The first-order valence-corrected chi connectivity index (χ1v) is 20.8. The van der Waals surface area contributed by atoms with Crippen molar-refractivity contribution in [1.82, 2.24) is 4.57 Å². The highest BCUT2D eigenvalue weighted by Gasteiger charge is 2.21. The van der Waals surface area contributed by atoms with Gasteiger partial charge in [-0.2, -0.15) is 0 Å². The Hall–Kier alpha value is -8.14. The van der Waals surface area contributed by atoms with E-state index in [0.717, 1.165) is 66.9 Å². The summed E-state index contributed by atoms with van der Waals surface area (Å²) in [4.78, 5) is 2.38. The fourth-order valence-corrected chi connectivity index (χ4v) is 9.38. The molecule has 0 aliphatic heterocycles. The van der Waals surface area contributed by atoms with Crippen molar-refractivity contribution < 1.29 is 4.42 Å². The largest absolute Gasteiger partial charge is 0.455 e. The van der Waals surface area contributed by atoms with Gasteiger partial charge in [0, 0.05) is 49.7 Å². The molecule has 0 unspecified atom stereocenters. The smallest absolute Gasteiger partial charge is 0.143 e. The third kappa shape index (κ3) is 5.82. The van der Waals surface area contributed by atoms with Crippen molar-refractivity contribution in [3.63, 3.8) is 0 Å². The molecule has 10 aromatic carbocycles. The summed E-state index contributed by atoms with van der Waals surface area (Å²) in [5, 5.41) is 7.23. The molecule has 0 aliphatic rings. The first-order chi connectivity index (χ1) is 30.3. The summed E-state index contributed by atoms with van der Waals surface area (Å²) in [5.74, 6) is 0. The molecule has 0 fully saturated rings. The van der Waals surface area contributed by atoms with Crippen molar-refractivity contribution in [2.45, 2.75) is 0 Å². The highest BCUT2D eigenvalue weighted by atomic mass is 16.3. The van der Waals surface area contributed by atoms with E-state index < -0.39 is 0 Å². The summed E-state index contributed by atoms with van der Waals surface area (Å²) in [5.41, 5.74) is 15.4. The molecule has 0 bridgehead atoms. The number of anilines is 3. The van der Waals surface area contributed by atoms with E-state index in [1.807, 2.05) is 6.07 Å². The standard InChI is InChI=1S/C58H38N2O/c1-2-18-46-40(14-1)15-12-23-47(46)41-32-36-44(37-33-41)59(54-26-7-5-21-50(54)52-24-13-25-53-51-22-6-10-29-57(51)61-58(52)53)43-34-30-39(31-35-43)42-16-11-17-45(38-42)60-55-27-8-3-19-48(55)49-20-4-9-28-56(49)60/h1-38H. The molecule has 0 N–H and O–H groups in total. The van der Waals surface area contributed by atoms with E-state index in [4.69, 9.17) is 4.42 Å². The van der Waals surface area contributed by atoms with Gasteiger partial charge in [0.1, 0.15) is 11.2 Å². The molecule has 12 rings (SSSR count). The molecule has 286 valence electrons. The molecule has 0 amide bonds. The number of benzene rings is 10. The van der Waals surface area contributed by atoms with Crippen LogP contribution in [0, 0.1) is 0 Å². The quantitative estimate of drug-likeness (QED) is 0.161. The summed E-state index contributed by atoms with van der Waals surface area (Å²) in [6.07, 6.45) is 0. The van der Waals surface area contributed by atoms with Crippen molar-refractivity contribution in [3.8, 4) is 39.1 Å². The number of nitrogens with zero attached hydrogens (tertiary/aromatic N) is 2. The second-order valence-electron chi connectivity index (χ2n) is 15.7. The average Bonchev–Trinajstić information content (AvgIpc) is 3.88. The normalized spacial score (nSPS) is 11.6. The van der Waals surface area contributed by atoms with Crippen LogP contribution in [-0.2, 0) is 0 Å². The molecule has 2 aromatic heterocycles. The lowest BCUT2D eigenvalue weighted by molar-refractivity contribution is 0.670. The van der Waals surface area contributed by atoms with Gasteiger partial charge in [-0.1, -0.05) is 170 Å². The Morgan fingerprint density at radius 1 is 0.344 bits per heavy atom. The molecule has 0 atom stereocenters. The molecule has 0 radical (unpaired) electrons. The maximum atomic E-state index is 6.61. The van der Waals surface area contributed by atoms with E-state index >= 15 is 0 Å². The third-order valence-corrected chi connectivity index (χ3v) is 12.2. The van der Waals surface area contributed by atoms with E-state index in [-0.39, 0.29) is 0 Å². The predicted octanol–water partition coefficient (Wildman–Crippen LogP) is 16.3. The lowest BCUT2D eigenvalue weighted by Crippen LogP contribution is -2.11. The fraction of sp³-hybridized carbons (Fsp3) is 0. The van der Waals surface area contributed by atoms with Crippen LogP contribution in [0.3, 0.4) is 0 Å². The van der Waals surface area contributed by atoms with Crippen LogP contribution < -0.4 is 4.90 Å². The lowest BCUT2D eigenvalue weighted by atomic mass is 9.97. The molecule has 3 heteroatoms. The highest BCUT2D eigenvalue weighted by Crippen LogP contribution is 2.45. The van der Waals surface area contributed by atoms with Crippen molar-refractivity contribution >= 4 is 71.6 Å². The number of fused-ring (bicyclic) bond motifs is 7. The summed E-state index contributed by atoms with van der Waals surface area (Å²) in [6, 6.07) is 82.9. The highest BCUT2D eigenvalue weighted by molar-refractivity contribution is 6.11. The van der Waals surface area contributed by atoms with Crippen molar-refractivity contribution in [2.24, 2.45) is 0 Å². The Bertz CT molecular complexity index is 3530. The van der Waals surface area contributed by atoms with Gasteiger partial charge in [0.15, 0.2) is 0 Å². The Balaban J connectivity index is 0.989. The number of rotatable bonds is 7. The molecule has 0 spiro atoms. The van der Waals surface area contributed by atoms with Gasteiger partial charge in [-0.05, 0) is 93.7 Å².